The number of carboxylic acids is 1. The maximum absolute atomic E-state index is 11.2. The molecule has 0 unspecified atom stereocenters. The number of hydrogen-bond acceptors (Lipinski definition) is 4. The number of anilines is 1. The highest BCUT2D eigenvalue weighted by Crippen LogP contribution is 2.22. The zero-order valence-corrected chi connectivity index (χ0v) is 17.6. The van der Waals surface area contributed by atoms with Gasteiger partial charge in [0.1, 0.15) is 5.75 Å². The van der Waals surface area contributed by atoms with E-state index in [2.05, 4.69) is 17.5 Å². The normalized spacial score (nSPS) is 11.0. The van der Waals surface area contributed by atoms with E-state index in [-0.39, 0.29) is 5.56 Å². The van der Waals surface area contributed by atoms with E-state index in [1.165, 1.54) is 44.6 Å². The maximum Gasteiger partial charge on any atom is 0.337 e. The summed E-state index contributed by atoms with van der Waals surface area (Å²) in [7, 11) is 0. The lowest BCUT2D eigenvalue weighted by Gasteiger charge is -2.08. The molecule has 2 N–H and O–H groups in total. The van der Waals surface area contributed by atoms with Gasteiger partial charge in [-0.15, -0.1) is 0 Å². The van der Waals surface area contributed by atoms with Crippen LogP contribution in [0.25, 0.3) is 0 Å². The molecule has 0 amide bonds. The summed E-state index contributed by atoms with van der Waals surface area (Å²) in [5, 5.41) is 13.8. The van der Waals surface area contributed by atoms with E-state index in [1.807, 2.05) is 12.1 Å². The molecule has 29 heavy (non-hydrogen) atoms. The number of unbranched alkanes of at least 4 members (excludes halogenated alkanes) is 6. The van der Waals surface area contributed by atoms with Crippen LogP contribution in [0.1, 0.15) is 67.8 Å². The first-order valence-corrected chi connectivity index (χ1v) is 10.5. The molecule has 156 valence electrons. The molecule has 0 spiro atoms. The van der Waals surface area contributed by atoms with Crippen LogP contribution in [0, 0.1) is 0 Å². The van der Waals surface area contributed by atoms with Crippen LogP contribution in [-0.2, 0) is 0 Å². The van der Waals surface area contributed by atoms with Gasteiger partial charge in [-0.1, -0.05) is 69.2 Å². The third-order valence-electron chi connectivity index (χ3n) is 4.53. The number of hydrogen-bond donors (Lipinski definition) is 2. The Hall–Kier alpha value is -2.53. The second-order valence-corrected chi connectivity index (χ2v) is 7.28. The van der Waals surface area contributed by atoms with Gasteiger partial charge in [-0.05, 0) is 36.8 Å². The molecule has 5 nitrogen and oxygen atoms in total. The fourth-order valence-corrected chi connectivity index (χ4v) is 3.11. The van der Waals surface area contributed by atoms with E-state index in [0.29, 0.717) is 17.3 Å². The zero-order valence-electron chi connectivity index (χ0n) is 16.9. The predicted molar refractivity (Wildman–Crippen MR) is 120 cm³/mol. The van der Waals surface area contributed by atoms with Gasteiger partial charge in [-0.25, -0.2) is 4.79 Å². The number of ether oxygens (including phenoxy) is 1. The van der Waals surface area contributed by atoms with Gasteiger partial charge in [0.25, 0.3) is 0 Å². The molecule has 0 atom stereocenters. The van der Waals surface area contributed by atoms with Gasteiger partial charge in [0.15, 0.2) is 0 Å². The van der Waals surface area contributed by atoms with E-state index in [1.54, 1.807) is 30.5 Å². The number of rotatable bonds is 13. The number of aromatic carboxylic acids is 1. The van der Waals surface area contributed by atoms with Gasteiger partial charge in [0.2, 0.25) is 0 Å². The Kier molecular flexibility index (Phi) is 10.1. The Morgan fingerprint density at radius 3 is 2.55 bits per heavy atom. The average Bonchev–Trinajstić information content (AvgIpc) is 2.71. The second kappa shape index (κ2) is 12.8. The van der Waals surface area contributed by atoms with Crippen LogP contribution in [0.4, 0.5) is 5.69 Å². The number of hydrazone groups is 1. The van der Waals surface area contributed by atoms with Crippen LogP contribution in [0.3, 0.4) is 0 Å². The molecule has 0 bridgehead atoms. The number of nitrogens with one attached hydrogen (secondary N) is 1. The standard InChI is InChI=1S/C23H29ClN2O3/c1-2-3-4-5-6-7-10-15-29-19-14-13-18(21(24)16-19)17-25-26-22-12-9-8-11-20(22)23(27)28/h8-9,11-14,16-17,26H,2-7,10,15H2,1H3,(H,27,28). The molecule has 0 saturated carbocycles. The fraction of sp³-hybridized carbons (Fsp3) is 0.391. The van der Waals surface area contributed by atoms with Gasteiger partial charge in [-0.2, -0.15) is 5.10 Å². The van der Waals surface area contributed by atoms with Crippen molar-refractivity contribution in [2.45, 2.75) is 51.9 Å². The summed E-state index contributed by atoms with van der Waals surface area (Å²) in [5.74, 6) is -0.272. The summed E-state index contributed by atoms with van der Waals surface area (Å²) in [6.07, 6.45) is 10.3. The fourth-order valence-electron chi connectivity index (χ4n) is 2.89. The summed E-state index contributed by atoms with van der Waals surface area (Å²) in [6, 6.07) is 12.0. The van der Waals surface area contributed by atoms with Gasteiger partial charge in [0.05, 0.1) is 29.1 Å². The van der Waals surface area contributed by atoms with Crippen molar-refractivity contribution in [1.82, 2.24) is 0 Å². The second-order valence-electron chi connectivity index (χ2n) is 6.87. The Balaban J connectivity index is 1.79. The molecule has 0 fully saturated rings. The van der Waals surface area contributed by atoms with Crippen LogP contribution in [0.2, 0.25) is 5.02 Å². The quantitative estimate of drug-likeness (QED) is 0.219. The van der Waals surface area contributed by atoms with E-state index in [9.17, 15) is 9.90 Å². The van der Waals surface area contributed by atoms with Crippen LogP contribution in [0.15, 0.2) is 47.6 Å². The average molecular weight is 417 g/mol. The largest absolute Gasteiger partial charge is 0.494 e. The topological polar surface area (TPSA) is 70.9 Å². The molecular weight excluding hydrogens is 388 g/mol. The van der Waals surface area contributed by atoms with E-state index in [4.69, 9.17) is 16.3 Å². The Morgan fingerprint density at radius 2 is 1.83 bits per heavy atom. The van der Waals surface area contributed by atoms with Gasteiger partial charge >= 0.3 is 5.97 Å². The van der Waals surface area contributed by atoms with Crippen LogP contribution >= 0.6 is 11.6 Å². The molecule has 0 saturated heterocycles. The summed E-state index contributed by atoms with van der Waals surface area (Å²) < 4.78 is 5.78. The third kappa shape index (κ3) is 8.16. The predicted octanol–water partition coefficient (Wildman–Crippen LogP) is 6.61. The van der Waals surface area contributed by atoms with Crippen LogP contribution in [-0.4, -0.2) is 23.9 Å². The lowest BCUT2D eigenvalue weighted by atomic mass is 10.1. The number of carbonyl (C=O) groups is 1. The molecule has 6 heteroatoms. The minimum absolute atomic E-state index is 0.157. The van der Waals surface area contributed by atoms with E-state index < -0.39 is 5.97 Å². The van der Waals surface area contributed by atoms with Gasteiger partial charge in [-0.3, -0.25) is 5.43 Å². The van der Waals surface area contributed by atoms with Crippen molar-refractivity contribution < 1.29 is 14.6 Å². The lowest BCUT2D eigenvalue weighted by Crippen LogP contribution is -2.02. The molecule has 0 aliphatic carbocycles. The van der Waals surface area contributed by atoms with Gasteiger partial charge in [0, 0.05) is 5.56 Å². The molecule has 0 aliphatic rings. The van der Waals surface area contributed by atoms with Crippen LogP contribution in [0.5, 0.6) is 5.75 Å². The van der Waals surface area contributed by atoms with Crippen molar-refractivity contribution in [3.63, 3.8) is 0 Å². The highest BCUT2D eigenvalue weighted by Gasteiger charge is 2.07. The molecule has 0 radical (unpaired) electrons. The zero-order chi connectivity index (χ0) is 20.9. The molecule has 2 aromatic carbocycles. The molecule has 2 aromatic rings. The first-order valence-electron chi connectivity index (χ1n) is 10.2. The first-order chi connectivity index (χ1) is 14.1. The number of nitrogens with zero attached hydrogens (tertiary/aromatic N) is 1. The van der Waals surface area contributed by atoms with Crippen molar-refractivity contribution in [1.29, 1.82) is 0 Å². The van der Waals surface area contributed by atoms with E-state index >= 15 is 0 Å². The summed E-state index contributed by atoms with van der Waals surface area (Å²) in [6.45, 7) is 2.91. The van der Waals surface area contributed by atoms with Crippen molar-refractivity contribution in [3.8, 4) is 5.75 Å². The molecular formula is C23H29ClN2O3. The minimum atomic E-state index is -1.01. The summed E-state index contributed by atoms with van der Waals surface area (Å²) in [5.41, 5.74) is 4.04. The van der Waals surface area contributed by atoms with E-state index in [0.717, 1.165) is 17.7 Å². The van der Waals surface area contributed by atoms with Crippen molar-refractivity contribution >= 4 is 29.5 Å². The van der Waals surface area contributed by atoms with Crippen LogP contribution < -0.4 is 10.2 Å². The monoisotopic (exact) mass is 416 g/mol. The molecule has 2 rings (SSSR count). The Morgan fingerprint density at radius 1 is 1.10 bits per heavy atom. The molecule has 0 heterocycles. The van der Waals surface area contributed by atoms with Crippen molar-refractivity contribution in [2.75, 3.05) is 12.0 Å². The SMILES string of the molecule is CCCCCCCCCOc1ccc(C=NNc2ccccc2C(=O)O)c(Cl)c1. The number of carboxylic acid groups (broad SMARTS) is 1. The number of para-hydroxylation sites is 1. The number of benzene rings is 2. The molecule has 0 aliphatic heterocycles. The lowest BCUT2D eigenvalue weighted by molar-refractivity contribution is 0.0698. The summed E-state index contributed by atoms with van der Waals surface area (Å²) in [4.78, 5) is 11.2. The minimum Gasteiger partial charge on any atom is -0.494 e. The highest BCUT2D eigenvalue weighted by molar-refractivity contribution is 6.33. The van der Waals surface area contributed by atoms with Crippen molar-refractivity contribution in [2.24, 2.45) is 5.10 Å². The smallest absolute Gasteiger partial charge is 0.337 e. The first kappa shape index (κ1) is 22.8. The molecule has 0 aromatic heterocycles. The maximum atomic E-state index is 11.2. The Bertz CT molecular complexity index is 808. The third-order valence-corrected chi connectivity index (χ3v) is 4.86. The Labute approximate surface area is 177 Å². The van der Waals surface area contributed by atoms with Gasteiger partial charge < -0.3 is 9.84 Å². The summed E-state index contributed by atoms with van der Waals surface area (Å²) >= 11 is 6.31. The highest BCUT2D eigenvalue weighted by atomic mass is 35.5. The number of halogens is 1. The van der Waals surface area contributed by atoms with Crippen molar-refractivity contribution in [3.05, 3.63) is 58.6 Å².